The van der Waals surface area contributed by atoms with Crippen molar-refractivity contribution in [3.63, 3.8) is 0 Å². The molecule has 7 heteroatoms. The summed E-state index contributed by atoms with van der Waals surface area (Å²) < 4.78 is 36.8. The van der Waals surface area contributed by atoms with Gasteiger partial charge in [0.15, 0.2) is 0 Å². The molecule has 2 rings (SSSR count). The first kappa shape index (κ1) is 11.7. The molecule has 1 aliphatic rings. The Morgan fingerprint density at radius 1 is 1.35 bits per heavy atom. The van der Waals surface area contributed by atoms with Gasteiger partial charge in [0.2, 0.25) is 0 Å². The van der Waals surface area contributed by atoms with E-state index < -0.39 is 11.9 Å². The van der Waals surface area contributed by atoms with Crippen LogP contribution in [0.1, 0.15) is 12.1 Å². The van der Waals surface area contributed by atoms with Crippen LogP contribution in [0.4, 0.5) is 23.7 Å². The lowest BCUT2D eigenvalue weighted by Gasteiger charge is -2.27. The first-order valence-electron chi connectivity index (χ1n) is 5.07. The fourth-order valence-electron chi connectivity index (χ4n) is 1.59. The number of pyridine rings is 1. The molecular weight excluding hydrogens is 235 g/mol. The third-order valence-electron chi connectivity index (χ3n) is 2.43. The highest BCUT2D eigenvalue weighted by atomic mass is 19.4. The Hall–Kier alpha value is -1.79. The highest BCUT2D eigenvalue weighted by Gasteiger charge is 2.32. The first-order chi connectivity index (χ1) is 7.98. The monoisotopic (exact) mass is 245 g/mol. The lowest BCUT2D eigenvalue weighted by Crippen LogP contribution is -2.46. The van der Waals surface area contributed by atoms with Crippen molar-refractivity contribution in [3.8, 4) is 0 Å². The smallest absolute Gasteiger partial charge is 0.338 e. The molecule has 0 atom stereocenters. The van der Waals surface area contributed by atoms with Gasteiger partial charge in [0.05, 0.1) is 11.9 Å². The van der Waals surface area contributed by atoms with Crippen molar-refractivity contribution in [2.24, 2.45) is 0 Å². The average molecular weight is 245 g/mol. The van der Waals surface area contributed by atoms with Crippen molar-refractivity contribution in [2.75, 3.05) is 18.0 Å². The molecular formula is C10H10F3N3O. The average Bonchev–Trinajstić information content (AvgIpc) is 2.29. The highest BCUT2D eigenvalue weighted by molar-refractivity contribution is 5.92. The van der Waals surface area contributed by atoms with Crippen molar-refractivity contribution in [1.82, 2.24) is 10.3 Å². The van der Waals surface area contributed by atoms with Crippen molar-refractivity contribution in [2.45, 2.75) is 12.6 Å². The number of nitrogens with one attached hydrogen (secondary N) is 1. The van der Waals surface area contributed by atoms with Crippen molar-refractivity contribution < 1.29 is 18.0 Å². The van der Waals surface area contributed by atoms with Crippen LogP contribution in [0.3, 0.4) is 0 Å². The zero-order chi connectivity index (χ0) is 12.5. The molecule has 1 fully saturated rings. The number of carbonyl (C=O) groups is 1. The second-order valence-electron chi connectivity index (χ2n) is 3.64. The fourth-order valence-corrected chi connectivity index (χ4v) is 1.59. The van der Waals surface area contributed by atoms with Gasteiger partial charge in [0.25, 0.3) is 0 Å². The number of rotatable bonds is 1. The predicted molar refractivity (Wildman–Crippen MR) is 54.6 cm³/mol. The molecule has 4 nitrogen and oxygen atoms in total. The number of hydrogen-bond acceptors (Lipinski definition) is 2. The van der Waals surface area contributed by atoms with Crippen LogP contribution < -0.4 is 10.2 Å². The van der Waals surface area contributed by atoms with Gasteiger partial charge in [-0.15, -0.1) is 0 Å². The van der Waals surface area contributed by atoms with Gasteiger partial charge >= 0.3 is 12.2 Å². The first-order valence-corrected chi connectivity index (χ1v) is 5.07. The maximum atomic E-state index is 12.3. The number of alkyl halides is 3. The summed E-state index contributed by atoms with van der Waals surface area (Å²) in [4.78, 5) is 16.1. The molecule has 92 valence electrons. The van der Waals surface area contributed by atoms with Gasteiger partial charge in [-0.05, 0) is 18.6 Å². The zero-order valence-corrected chi connectivity index (χ0v) is 8.79. The van der Waals surface area contributed by atoms with Gasteiger partial charge in [-0.25, -0.2) is 9.78 Å². The Labute approximate surface area is 95.4 Å². The van der Waals surface area contributed by atoms with Crippen LogP contribution in [0, 0.1) is 0 Å². The minimum absolute atomic E-state index is 0.308. The van der Waals surface area contributed by atoms with Crippen LogP contribution in [-0.2, 0) is 6.18 Å². The molecule has 1 aliphatic heterocycles. The SMILES string of the molecule is O=C1NCCCN1c1ccc(C(F)(F)F)nc1. The van der Waals surface area contributed by atoms with Gasteiger partial charge in [-0.3, -0.25) is 4.90 Å². The highest BCUT2D eigenvalue weighted by Crippen LogP contribution is 2.28. The number of urea groups is 1. The Balaban J connectivity index is 2.20. The molecule has 1 N–H and O–H groups in total. The maximum Gasteiger partial charge on any atom is 0.433 e. The summed E-state index contributed by atoms with van der Waals surface area (Å²) in [6, 6.07) is 1.82. The van der Waals surface area contributed by atoms with Gasteiger partial charge < -0.3 is 5.32 Å². The summed E-state index contributed by atoms with van der Waals surface area (Å²) >= 11 is 0. The normalized spacial score (nSPS) is 16.9. The quantitative estimate of drug-likeness (QED) is 0.822. The van der Waals surface area contributed by atoms with E-state index in [-0.39, 0.29) is 6.03 Å². The second kappa shape index (κ2) is 4.23. The number of amides is 2. The van der Waals surface area contributed by atoms with Crippen molar-refractivity contribution >= 4 is 11.7 Å². The molecule has 0 unspecified atom stereocenters. The van der Waals surface area contributed by atoms with E-state index in [9.17, 15) is 18.0 Å². The number of carbonyl (C=O) groups excluding carboxylic acids is 1. The molecule has 0 radical (unpaired) electrons. The molecule has 0 spiro atoms. The summed E-state index contributed by atoms with van der Waals surface area (Å²) in [5.74, 6) is 0. The summed E-state index contributed by atoms with van der Waals surface area (Å²) in [7, 11) is 0. The Bertz CT molecular complexity index is 416. The molecule has 2 amide bonds. The summed E-state index contributed by atoms with van der Waals surface area (Å²) in [6.45, 7) is 1.07. The van der Waals surface area contributed by atoms with E-state index >= 15 is 0 Å². The van der Waals surface area contributed by atoms with Crippen LogP contribution >= 0.6 is 0 Å². The van der Waals surface area contributed by atoms with Gasteiger partial charge in [-0.2, -0.15) is 13.2 Å². The fraction of sp³-hybridized carbons (Fsp3) is 0.400. The van der Waals surface area contributed by atoms with Gasteiger partial charge in [0, 0.05) is 13.1 Å². The van der Waals surface area contributed by atoms with Crippen LogP contribution in [0.5, 0.6) is 0 Å². The molecule has 0 bridgehead atoms. The van der Waals surface area contributed by atoms with Crippen LogP contribution in [0.25, 0.3) is 0 Å². The van der Waals surface area contributed by atoms with Crippen LogP contribution in [0.15, 0.2) is 18.3 Å². The number of aromatic nitrogens is 1. The number of nitrogens with zero attached hydrogens (tertiary/aromatic N) is 2. The molecule has 1 saturated heterocycles. The zero-order valence-electron chi connectivity index (χ0n) is 8.79. The van der Waals surface area contributed by atoms with E-state index in [2.05, 4.69) is 10.3 Å². The van der Waals surface area contributed by atoms with E-state index in [1.807, 2.05) is 0 Å². The van der Waals surface area contributed by atoms with Gasteiger partial charge in [-0.1, -0.05) is 0 Å². The summed E-state index contributed by atoms with van der Waals surface area (Å²) in [5, 5.41) is 2.61. The van der Waals surface area contributed by atoms with E-state index in [1.54, 1.807) is 0 Å². The number of anilines is 1. The minimum atomic E-state index is -4.46. The van der Waals surface area contributed by atoms with Crippen molar-refractivity contribution in [1.29, 1.82) is 0 Å². The maximum absolute atomic E-state index is 12.3. The topological polar surface area (TPSA) is 45.2 Å². The number of hydrogen-bond donors (Lipinski definition) is 1. The van der Waals surface area contributed by atoms with Gasteiger partial charge in [0.1, 0.15) is 5.69 Å². The standard InChI is InChI=1S/C10H10F3N3O/c11-10(12,13)8-3-2-7(6-15-8)16-5-1-4-14-9(16)17/h2-3,6H,1,4-5H2,(H,14,17). The Morgan fingerprint density at radius 2 is 2.12 bits per heavy atom. The molecule has 17 heavy (non-hydrogen) atoms. The molecule has 0 saturated carbocycles. The third kappa shape index (κ3) is 2.48. The Morgan fingerprint density at radius 3 is 2.65 bits per heavy atom. The number of halogens is 3. The van der Waals surface area contributed by atoms with E-state index in [0.717, 1.165) is 18.7 Å². The lowest BCUT2D eigenvalue weighted by atomic mass is 10.2. The minimum Gasteiger partial charge on any atom is -0.338 e. The molecule has 0 aliphatic carbocycles. The van der Waals surface area contributed by atoms with E-state index in [1.165, 1.54) is 11.0 Å². The van der Waals surface area contributed by atoms with E-state index in [0.29, 0.717) is 18.8 Å². The summed E-state index contributed by atoms with van der Waals surface area (Å²) in [6.07, 6.45) is -2.64. The molecule has 2 heterocycles. The second-order valence-corrected chi connectivity index (χ2v) is 3.64. The van der Waals surface area contributed by atoms with Crippen LogP contribution in [-0.4, -0.2) is 24.1 Å². The molecule has 1 aromatic rings. The molecule has 1 aromatic heterocycles. The van der Waals surface area contributed by atoms with Crippen molar-refractivity contribution in [3.05, 3.63) is 24.0 Å². The lowest BCUT2D eigenvalue weighted by molar-refractivity contribution is -0.141. The Kier molecular flexibility index (Phi) is 2.91. The molecule has 0 aromatic carbocycles. The summed E-state index contributed by atoms with van der Waals surface area (Å²) in [5.41, 5.74) is -0.589. The van der Waals surface area contributed by atoms with Crippen LogP contribution in [0.2, 0.25) is 0 Å². The predicted octanol–water partition coefficient (Wildman–Crippen LogP) is 2.02. The third-order valence-corrected chi connectivity index (χ3v) is 2.43. The van der Waals surface area contributed by atoms with E-state index in [4.69, 9.17) is 0 Å². The largest absolute Gasteiger partial charge is 0.433 e.